The fourth-order valence-electron chi connectivity index (χ4n) is 2.87. The molecule has 3 N–H and O–H groups in total. The maximum Gasteiger partial charge on any atom is 0.387 e. The highest BCUT2D eigenvalue weighted by molar-refractivity contribution is 9.10. The summed E-state index contributed by atoms with van der Waals surface area (Å²) in [7, 11) is 0. The van der Waals surface area contributed by atoms with E-state index in [9.17, 15) is 8.78 Å². The molecule has 1 saturated heterocycles. The third-order valence-corrected chi connectivity index (χ3v) is 4.58. The van der Waals surface area contributed by atoms with Gasteiger partial charge in [0.05, 0.1) is 6.54 Å². The van der Waals surface area contributed by atoms with Crippen molar-refractivity contribution in [1.82, 2.24) is 10.2 Å². The van der Waals surface area contributed by atoms with Crippen LogP contribution in [0.4, 0.5) is 8.78 Å². The Kier molecular flexibility index (Phi) is 7.23. The molecule has 0 radical (unpaired) electrons. The van der Waals surface area contributed by atoms with Gasteiger partial charge in [-0.15, -0.1) is 0 Å². The number of rotatable bonds is 7. The Hall–Kier alpha value is -1.41. The van der Waals surface area contributed by atoms with Gasteiger partial charge in [0.2, 0.25) is 0 Å². The predicted molar refractivity (Wildman–Crippen MR) is 94.4 cm³/mol. The van der Waals surface area contributed by atoms with Crippen LogP contribution in [0.3, 0.4) is 0 Å². The molecule has 1 aromatic rings. The predicted octanol–water partition coefficient (Wildman–Crippen LogP) is 2.94. The molecule has 1 aromatic carbocycles. The molecule has 2 rings (SSSR count). The third-order valence-electron chi connectivity index (χ3n) is 4.08. The van der Waals surface area contributed by atoms with Gasteiger partial charge >= 0.3 is 6.61 Å². The topological polar surface area (TPSA) is 62.9 Å². The highest BCUT2D eigenvalue weighted by atomic mass is 79.9. The summed E-state index contributed by atoms with van der Waals surface area (Å²) in [5, 5.41) is 3.12. The lowest BCUT2D eigenvalue weighted by Gasteiger charge is -2.23. The number of aliphatic imine (C=N–C) groups is 1. The minimum atomic E-state index is -2.87. The first-order valence-corrected chi connectivity index (χ1v) is 8.80. The van der Waals surface area contributed by atoms with Crippen LogP contribution in [0.1, 0.15) is 25.3 Å². The number of halogens is 3. The second-order valence-electron chi connectivity index (χ2n) is 5.64. The molecule has 1 heterocycles. The van der Waals surface area contributed by atoms with Gasteiger partial charge < -0.3 is 15.8 Å². The lowest BCUT2D eigenvalue weighted by atomic mass is 10.2. The number of hydrogen-bond donors (Lipinski definition) is 2. The Labute approximate surface area is 149 Å². The van der Waals surface area contributed by atoms with E-state index in [1.807, 2.05) is 0 Å². The summed E-state index contributed by atoms with van der Waals surface area (Å²) in [5.74, 6) is 0.415. The molecule has 134 valence electrons. The second-order valence-corrected chi connectivity index (χ2v) is 6.55. The average molecular weight is 405 g/mol. The molecule has 1 aliphatic rings. The van der Waals surface area contributed by atoms with Gasteiger partial charge in [-0.25, -0.2) is 4.99 Å². The van der Waals surface area contributed by atoms with Crippen molar-refractivity contribution in [1.29, 1.82) is 0 Å². The highest BCUT2D eigenvalue weighted by Gasteiger charge is 2.22. The largest absolute Gasteiger partial charge is 0.434 e. The summed E-state index contributed by atoms with van der Waals surface area (Å²) in [4.78, 5) is 6.64. The minimum Gasteiger partial charge on any atom is -0.434 e. The molecule has 8 heteroatoms. The van der Waals surface area contributed by atoms with Crippen molar-refractivity contribution in [2.45, 2.75) is 39.0 Å². The van der Waals surface area contributed by atoms with Crippen molar-refractivity contribution in [2.75, 3.05) is 19.6 Å². The third kappa shape index (κ3) is 5.59. The van der Waals surface area contributed by atoms with E-state index in [-0.39, 0.29) is 12.3 Å². The van der Waals surface area contributed by atoms with Crippen LogP contribution in [0.5, 0.6) is 5.75 Å². The zero-order valence-corrected chi connectivity index (χ0v) is 15.2. The van der Waals surface area contributed by atoms with E-state index in [1.54, 1.807) is 12.1 Å². The number of nitrogens with zero attached hydrogens (tertiary/aromatic N) is 2. The van der Waals surface area contributed by atoms with E-state index in [4.69, 9.17) is 5.73 Å². The average Bonchev–Trinajstić information content (AvgIpc) is 3.00. The molecule has 0 bridgehead atoms. The van der Waals surface area contributed by atoms with Gasteiger partial charge in [-0.1, -0.05) is 22.9 Å². The molecule has 0 amide bonds. The number of alkyl halides is 2. The van der Waals surface area contributed by atoms with E-state index in [1.165, 1.54) is 12.5 Å². The van der Waals surface area contributed by atoms with Gasteiger partial charge in [-0.2, -0.15) is 8.78 Å². The first kappa shape index (κ1) is 18.9. The first-order valence-electron chi connectivity index (χ1n) is 8.00. The fraction of sp³-hybridized carbons (Fsp3) is 0.562. The van der Waals surface area contributed by atoms with Crippen molar-refractivity contribution in [2.24, 2.45) is 10.7 Å². The number of hydrogen-bond acceptors (Lipinski definition) is 3. The maximum atomic E-state index is 12.5. The summed E-state index contributed by atoms with van der Waals surface area (Å²) in [6, 6.07) is 5.30. The van der Waals surface area contributed by atoms with E-state index in [0.29, 0.717) is 17.6 Å². The number of nitrogens with two attached hydrogens (primary N) is 1. The molecule has 1 atom stereocenters. The Morgan fingerprint density at radius 3 is 3.04 bits per heavy atom. The zero-order chi connectivity index (χ0) is 17.5. The molecule has 24 heavy (non-hydrogen) atoms. The van der Waals surface area contributed by atoms with Gasteiger partial charge in [-0.05, 0) is 44.1 Å². The monoisotopic (exact) mass is 404 g/mol. The van der Waals surface area contributed by atoms with Gasteiger partial charge in [0.25, 0.3) is 0 Å². The standard InChI is InChI=1S/C16H23BrF2N4O/c1-2-23-7-3-4-13(23)10-22-16(20)21-9-11-8-12(17)5-6-14(11)24-15(18)19/h5-6,8,13,15H,2-4,7,9-10H2,1H3,(H3,20,21,22). The Morgan fingerprint density at radius 1 is 1.54 bits per heavy atom. The van der Waals surface area contributed by atoms with Crippen molar-refractivity contribution in [3.63, 3.8) is 0 Å². The summed E-state index contributed by atoms with van der Waals surface area (Å²) in [5.41, 5.74) is 6.44. The Balaban J connectivity index is 1.93. The molecule has 0 spiro atoms. The Bertz CT molecular complexity index is 571. The minimum absolute atomic E-state index is 0.109. The second kappa shape index (κ2) is 9.17. The number of likely N-dealkylation sites (tertiary alicyclic amines) is 1. The summed E-state index contributed by atoms with van der Waals surface area (Å²) in [6.45, 7) is 2.33. The molecular weight excluding hydrogens is 382 g/mol. The van der Waals surface area contributed by atoms with Crippen LogP contribution >= 0.6 is 15.9 Å². The van der Waals surface area contributed by atoms with Crippen LogP contribution in [0.25, 0.3) is 0 Å². The molecule has 0 aliphatic carbocycles. The van der Waals surface area contributed by atoms with Gasteiger partial charge in [0.1, 0.15) is 5.75 Å². The lowest BCUT2D eigenvalue weighted by Crippen LogP contribution is -2.42. The van der Waals surface area contributed by atoms with Crippen LogP contribution in [0, 0.1) is 0 Å². The van der Waals surface area contributed by atoms with Crippen LogP contribution in [-0.2, 0) is 6.54 Å². The molecule has 5 nitrogen and oxygen atoms in total. The van der Waals surface area contributed by atoms with Crippen molar-refractivity contribution < 1.29 is 13.5 Å². The maximum absolute atomic E-state index is 12.5. The highest BCUT2D eigenvalue weighted by Crippen LogP contribution is 2.25. The molecular formula is C16H23BrF2N4O. The number of nitrogens with one attached hydrogen (secondary N) is 1. The van der Waals surface area contributed by atoms with Crippen LogP contribution in [0.2, 0.25) is 0 Å². The van der Waals surface area contributed by atoms with E-state index in [0.717, 1.165) is 30.5 Å². The number of benzene rings is 1. The molecule has 1 fully saturated rings. The quantitative estimate of drug-likeness (QED) is 0.541. The molecule has 0 aromatic heterocycles. The van der Waals surface area contributed by atoms with Crippen molar-refractivity contribution in [3.05, 3.63) is 28.2 Å². The lowest BCUT2D eigenvalue weighted by molar-refractivity contribution is -0.0504. The van der Waals surface area contributed by atoms with Crippen molar-refractivity contribution >= 4 is 21.9 Å². The van der Waals surface area contributed by atoms with Gasteiger partial charge in [0, 0.05) is 22.6 Å². The number of guanidine groups is 1. The smallest absolute Gasteiger partial charge is 0.387 e. The van der Waals surface area contributed by atoms with E-state index >= 15 is 0 Å². The van der Waals surface area contributed by atoms with Crippen LogP contribution in [0.15, 0.2) is 27.7 Å². The van der Waals surface area contributed by atoms with E-state index < -0.39 is 6.61 Å². The van der Waals surface area contributed by atoms with Gasteiger partial charge in [0.15, 0.2) is 5.96 Å². The van der Waals surface area contributed by atoms with Gasteiger partial charge in [-0.3, -0.25) is 4.90 Å². The number of likely N-dealkylation sites (N-methyl/N-ethyl adjacent to an activating group) is 1. The summed E-state index contributed by atoms with van der Waals surface area (Å²) >= 11 is 3.32. The normalized spacial score (nSPS) is 19.0. The Morgan fingerprint density at radius 2 is 2.33 bits per heavy atom. The van der Waals surface area contributed by atoms with Crippen molar-refractivity contribution in [3.8, 4) is 5.75 Å². The van der Waals surface area contributed by atoms with E-state index in [2.05, 4.69) is 42.8 Å². The fourth-order valence-corrected chi connectivity index (χ4v) is 3.28. The summed E-state index contributed by atoms with van der Waals surface area (Å²) < 4.78 is 30.2. The zero-order valence-electron chi connectivity index (χ0n) is 13.6. The van der Waals surface area contributed by atoms with Crippen LogP contribution in [-0.4, -0.2) is 43.1 Å². The number of ether oxygens (including phenoxy) is 1. The van der Waals surface area contributed by atoms with Crippen LogP contribution < -0.4 is 15.8 Å². The molecule has 1 aliphatic heterocycles. The molecule has 1 unspecified atom stereocenters. The SMILES string of the molecule is CCN1CCCC1CNC(N)=NCc1cc(Br)ccc1OC(F)F. The first-order chi connectivity index (χ1) is 11.5. The summed E-state index contributed by atoms with van der Waals surface area (Å²) in [6.07, 6.45) is 2.34. The molecule has 0 saturated carbocycles.